The Morgan fingerprint density at radius 1 is 1.52 bits per heavy atom. The van der Waals surface area contributed by atoms with Crippen molar-refractivity contribution in [3.05, 3.63) is 23.6 Å². The molecule has 21 heavy (non-hydrogen) atoms. The van der Waals surface area contributed by atoms with Gasteiger partial charge >= 0.3 is 5.97 Å². The normalized spacial score (nSPS) is 13.3. The van der Waals surface area contributed by atoms with Crippen molar-refractivity contribution >= 4 is 5.97 Å². The minimum absolute atomic E-state index is 0.117. The number of carbonyl (C=O) groups is 1. The third-order valence-corrected chi connectivity index (χ3v) is 2.77. The Morgan fingerprint density at radius 3 is 2.81 bits per heavy atom. The summed E-state index contributed by atoms with van der Waals surface area (Å²) < 4.78 is 6.66. The third-order valence-electron chi connectivity index (χ3n) is 2.77. The summed E-state index contributed by atoms with van der Waals surface area (Å²) in [7, 11) is 0. The maximum absolute atomic E-state index is 10.7. The van der Waals surface area contributed by atoms with Gasteiger partial charge in [-0.05, 0) is 0 Å². The number of carboxylic acids is 1. The molecule has 0 radical (unpaired) electrons. The highest BCUT2D eigenvalue weighted by Gasteiger charge is 2.21. The van der Waals surface area contributed by atoms with Crippen LogP contribution in [0.4, 0.5) is 0 Å². The molecule has 0 amide bonds. The topological polar surface area (TPSA) is 133 Å². The molecular formula is C12H18N6O3. The van der Waals surface area contributed by atoms with Gasteiger partial charge in [0, 0.05) is 18.0 Å². The summed E-state index contributed by atoms with van der Waals surface area (Å²) in [6.07, 6.45) is 1.73. The fourth-order valence-corrected chi connectivity index (χ4v) is 1.58. The van der Waals surface area contributed by atoms with Gasteiger partial charge in [-0.1, -0.05) is 31.1 Å². The number of aliphatic carboxylic acids is 1. The molecule has 9 nitrogen and oxygen atoms in total. The highest BCUT2D eigenvalue weighted by molar-refractivity contribution is 5.73. The van der Waals surface area contributed by atoms with Crippen LogP contribution in [0.2, 0.25) is 0 Å². The van der Waals surface area contributed by atoms with E-state index in [-0.39, 0.29) is 18.4 Å². The molecule has 114 valence electrons. The van der Waals surface area contributed by atoms with E-state index < -0.39 is 12.0 Å². The molecule has 2 heterocycles. The number of aromatic nitrogens is 5. The average molecular weight is 294 g/mol. The van der Waals surface area contributed by atoms with Crippen molar-refractivity contribution in [3.63, 3.8) is 0 Å². The lowest BCUT2D eigenvalue weighted by Gasteiger charge is -2.10. The lowest BCUT2D eigenvalue weighted by atomic mass is 9.96. The molecule has 0 aromatic carbocycles. The standard InChI is InChI=1S/C12H18N6O3/c1-12(2,3)11-14-9(21-16-11)6-18-5-7(15-17-18)4-8(13)10(19)20/h5,8H,4,6,13H2,1-3H3,(H,19,20). The summed E-state index contributed by atoms with van der Waals surface area (Å²) in [5.74, 6) is -0.0408. The first-order valence-corrected chi connectivity index (χ1v) is 6.46. The van der Waals surface area contributed by atoms with E-state index >= 15 is 0 Å². The van der Waals surface area contributed by atoms with Crippen molar-refractivity contribution in [2.75, 3.05) is 0 Å². The van der Waals surface area contributed by atoms with Gasteiger partial charge in [0.2, 0.25) is 5.89 Å². The molecule has 9 heteroatoms. The molecule has 3 N–H and O–H groups in total. The molecule has 0 bridgehead atoms. The van der Waals surface area contributed by atoms with E-state index in [2.05, 4.69) is 20.5 Å². The number of nitrogens with two attached hydrogens (primary N) is 1. The van der Waals surface area contributed by atoms with Crippen LogP contribution < -0.4 is 5.73 Å². The van der Waals surface area contributed by atoms with Crippen LogP contribution in [0.25, 0.3) is 0 Å². The van der Waals surface area contributed by atoms with Crippen molar-refractivity contribution in [1.29, 1.82) is 0 Å². The molecule has 1 unspecified atom stereocenters. The quantitative estimate of drug-likeness (QED) is 0.784. The van der Waals surface area contributed by atoms with Crippen LogP contribution in [-0.2, 0) is 23.2 Å². The van der Waals surface area contributed by atoms with Crippen LogP contribution >= 0.6 is 0 Å². The van der Waals surface area contributed by atoms with E-state index in [0.717, 1.165) is 0 Å². The number of hydrogen-bond donors (Lipinski definition) is 2. The Labute approximate surface area is 121 Å². The molecule has 2 aromatic heterocycles. The molecule has 0 spiro atoms. The zero-order valence-electron chi connectivity index (χ0n) is 12.1. The highest BCUT2D eigenvalue weighted by atomic mass is 16.5. The Kier molecular flexibility index (Phi) is 4.03. The van der Waals surface area contributed by atoms with Crippen LogP contribution in [0.15, 0.2) is 10.7 Å². The van der Waals surface area contributed by atoms with E-state index in [0.29, 0.717) is 17.4 Å². The van der Waals surface area contributed by atoms with Gasteiger partial charge in [-0.2, -0.15) is 4.98 Å². The lowest BCUT2D eigenvalue weighted by molar-refractivity contribution is -0.138. The monoisotopic (exact) mass is 294 g/mol. The third kappa shape index (κ3) is 3.85. The second-order valence-corrected chi connectivity index (χ2v) is 5.82. The van der Waals surface area contributed by atoms with E-state index in [4.69, 9.17) is 15.4 Å². The molecule has 0 aliphatic carbocycles. The Morgan fingerprint density at radius 2 is 2.24 bits per heavy atom. The zero-order chi connectivity index (χ0) is 15.6. The molecule has 0 saturated carbocycles. The molecule has 0 aliphatic rings. The van der Waals surface area contributed by atoms with Crippen LogP contribution in [0.5, 0.6) is 0 Å². The maximum atomic E-state index is 10.7. The van der Waals surface area contributed by atoms with E-state index in [9.17, 15) is 4.79 Å². The first-order chi connectivity index (χ1) is 9.75. The van der Waals surface area contributed by atoms with Crippen molar-refractivity contribution in [3.8, 4) is 0 Å². The first kappa shape index (κ1) is 15.1. The van der Waals surface area contributed by atoms with Gasteiger partial charge in [-0.15, -0.1) is 5.10 Å². The summed E-state index contributed by atoms with van der Waals surface area (Å²) in [4.78, 5) is 15.0. The van der Waals surface area contributed by atoms with E-state index in [1.54, 1.807) is 6.20 Å². The van der Waals surface area contributed by atoms with Crippen molar-refractivity contribution in [1.82, 2.24) is 25.1 Å². The highest BCUT2D eigenvalue weighted by Crippen LogP contribution is 2.18. The second kappa shape index (κ2) is 5.60. The molecule has 2 rings (SSSR count). The second-order valence-electron chi connectivity index (χ2n) is 5.82. The van der Waals surface area contributed by atoms with E-state index in [1.807, 2.05) is 20.8 Å². The summed E-state index contributed by atoms with van der Waals surface area (Å²) in [5, 5.41) is 20.4. The van der Waals surface area contributed by atoms with Gasteiger partial charge in [0.1, 0.15) is 12.6 Å². The number of nitrogens with zero attached hydrogens (tertiary/aromatic N) is 5. The van der Waals surface area contributed by atoms with Crippen LogP contribution in [0, 0.1) is 0 Å². The van der Waals surface area contributed by atoms with Crippen LogP contribution in [0.3, 0.4) is 0 Å². The number of hydrogen-bond acceptors (Lipinski definition) is 7. The fraction of sp³-hybridized carbons (Fsp3) is 0.583. The van der Waals surface area contributed by atoms with Crippen LogP contribution in [0.1, 0.15) is 38.2 Å². The molecule has 0 saturated heterocycles. The average Bonchev–Trinajstić information content (AvgIpc) is 2.98. The number of carboxylic acid groups (broad SMARTS) is 1. The predicted octanol–water partition coefficient (Wildman–Crippen LogP) is -0.0387. The number of rotatable bonds is 5. The summed E-state index contributed by atoms with van der Waals surface area (Å²) in [6, 6.07) is -0.994. The molecule has 0 aliphatic heterocycles. The predicted molar refractivity (Wildman–Crippen MR) is 71.4 cm³/mol. The summed E-state index contributed by atoms with van der Waals surface area (Å²) in [5.41, 5.74) is 5.75. The Hall–Kier alpha value is -2.29. The van der Waals surface area contributed by atoms with E-state index in [1.165, 1.54) is 4.68 Å². The van der Waals surface area contributed by atoms with Crippen molar-refractivity contribution in [2.24, 2.45) is 5.73 Å². The van der Waals surface area contributed by atoms with Crippen molar-refractivity contribution < 1.29 is 14.4 Å². The van der Waals surface area contributed by atoms with Gasteiger partial charge in [-0.3, -0.25) is 4.79 Å². The minimum atomic E-state index is -1.07. The zero-order valence-corrected chi connectivity index (χ0v) is 12.1. The molecule has 2 aromatic rings. The smallest absolute Gasteiger partial charge is 0.320 e. The fourth-order valence-electron chi connectivity index (χ4n) is 1.58. The maximum Gasteiger partial charge on any atom is 0.320 e. The molecular weight excluding hydrogens is 276 g/mol. The van der Waals surface area contributed by atoms with Gasteiger partial charge in [0.25, 0.3) is 0 Å². The Bertz CT molecular complexity index is 627. The molecule has 0 fully saturated rings. The lowest BCUT2D eigenvalue weighted by Crippen LogP contribution is -2.32. The Balaban J connectivity index is 2.02. The van der Waals surface area contributed by atoms with Crippen LogP contribution in [-0.4, -0.2) is 42.3 Å². The SMILES string of the molecule is CC(C)(C)c1noc(Cn2cc(CC(N)C(=O)O)nn2)n1. The van der Waals surface area contributed by atoms with Gasteiger partial charge in [0.05, 0.1) is 5.69 Å². The largest absolute Gasteiger partial charge is 0.480 e. The van der Waals surface area contributed by atoms with Gasteiger partial charge in [0.15, 0.2) is 5.82 Å². The van der Waals surface area contributed by atoms with Gasteiger partial charge in [-0.25, -0.2) is 4.68 Å². The molecule has 1 atom stereocenters. The summed E-state index contributed by atoms with van der Waals surface area (Å²) in [6.45, 7) is 6.24. The summed E-state index contributed by atoms with van der Waals surface area (Å²) >= 11 is 0. The van der Waals surface area contributed by atoms with Crippen molar-refractivity contribution in [2.45, 2.75) is 45.2 Å². The van der Waals surface area contributed by atoms with Gasteiger partial charge < -0.3 is 15.4 Å². The minimum Gasteiger partial charge on any atom is -0.480 e. The first-order valence-electron chi connectivity index (χ1n) is 6.46.